The molecule has 1 N–H and O–H groups in total. The second-order valence-electron chi connectivity index (χ2n) is 4.91. The molecule has 1 aromatic carbocycles. The Morgan fingerprint density at radius 1 is 1.30 bits per heavy atom. The monoisotopic (exact) mass is 329 g/mol. The minimum absolute atomic E-state index is 0.0656. The van der Waals surface area contributed by atoms with Crippen molar-refractivity contribution < 1.29 is 27.2 Å². The van der Waals surface area contributed by atoms with E-state index in [9.17, 15) is 18.0 Å². The third-order valence-corrected chi connectivity index (χ3v) is 2.64. The minimum Gasteiger partial charge on any atom is -0.369 e. The van der Waals surface area contributed by atoms with Crippen LogP contribution in [0.25, 0.3) is 11.4 Å². The predicted molar refractivity (Wildman–Crippen MR) is 74.5 cm³/mol. The fraction of sp³-hybridized carbons (Fsp3) is 0.357. The lowest BCUT2D eigenvalue weighted by Crippen LogP contribution is -2.20. The van der Waals surface area contributed by atoms with Crippen molar-refractivity contribution in [1.29, 1.82) is 0 Å². The minimum atomic E-state index is -4.68. The van der Waals surface area contributed by atoms with Gasteiger partial charge in [-0.25, -0.2) is 0 Å². The first-order chi connectivity index (χ1) is 10.8. The van der Waals surface area contributed by atoms with Crippen LogP contribution >= 0.6 is 0 Å². The van der Waals surface area contributed by atoms with Crippen LogP contribution in [0.4, 0.5) is 18.9 Å². The highest BCUT2D eigenvalue weighted by atomic mass is 19.4. The summed E-state index contributed by atoms with van der Waals surface area (Å²) in [4.78, 5) is 14.9. The summed E-state index contributed by atoms with van der Waals surface area (Å²) >= 11 is 0. The van der Waals surface area contributed by atoms with E-state index in [1.807, 2.05) is 13.8 Å². The molecule has 0 unspecified atom stereocenters. The van der Waals surface area contributed by atoms with Crippen LogP contribution < -0.4 is 5.32 Å². The number of hydrogen-bond acceptors (Lipinski definition) is 5. The van der Waals surface area contributed by atoms with E-state index in [0.29, 0.717) is 11.3 Å². The molecule has 6 nitrogen and oxygen atoms in total. The molecule has 0 fully saturated rings. The Morgan fingerprint density at radius 2 is 1.96 bits per heavy atom. The van der Waals surface area contributed by atoms with E-state index < -0.39 is 12.1 Å². The maximum Gasteiger partial charge on any atom is 0.471 e. The van der Waals surface area contributed by atoms with Crippen LogP contribution in [0.2, 0.25) is 0 Å². The van der Waals surface area contributed by atoms with Gasteiger partial charge in [0.15, 0.2) is 0 Å². The highest BCUT2D eigenvalue weighted by Gasteiger charge is 2.38. The zero-order valence-corrected chi connectivity index (χ0v) is 12.3. The molecule has 0 radical (unpaired) electrons. The van der Waals surface area contributed by atoms with Gasteiger partial charge in [0, 0.05) is 11.3 Å². The summed E-state index contributed by atoms with van der Waals surface area (Å²) in [5.74, 6) is -1.92. The van der Waals surface area contributed by atoms with E-state index in [-0.39, 0.29) is 24.4 Å². The summed E-state index contributed by atoms with van der Waals surface area (Å²) in [5, 5.41) is 5.88. The lowest BCUT2D eigenvalue weighted by molar-refractivity contribution is -0.159. The molecule has 0 atom stereocenters. The van der Waals surface area contributed by atoms with E-state index in [2.05, 4.69) is 20.0 Å². The maximum absolute atomic E-state index is 12.4. The smallest absolute Gasteiger partial charge is 0.369 e. The van der Waals surface area contributed by atoms with Crippen molar-refractivity contribution in [3.8, 4) is 11.4 Å². The second kappa shape index (κ2) is 6.78. The van der Waals surface area contributed by atoms with Crippen LogP contribution in [0.1, 0.15) is 19.7 Å². The highest BCUT2D eigenvalue weighted by molar-refractivity contribution is 5.91. The molecule has 1 amide bonds. The van der Waals surface area contributed by atoms with Gasteiger partial charge in [0.1, 0.15) is 6.61 Å². The number of rotatable bonds is 5. The molecule has 0 saturated heterocycles. The van der Waals surface area contributed by atoms with Crippen molar-refractivity contribution in [1.82, 2.24) is 10.1 Å². The third kappa shape index (κ3) is 4.78. The Hall–Kier alpha value is -2.42. The van der Waals surface area contributed by atoms with Gasteiger partial charge < -0.3 is 14.6 Å². The molecular weight excluding hydrogens is 315 g/mol. The SMILES string of the molecule is CC(C)OCC(=O)Nc1ccc(-c2noc(C(F)(F)F)n2)cc1. The van der Waals surface area contributed by atoms with Gasteiger partial charge in [-0.2, -0.15) is 18.2 Å². The van der Waals surface area contributed by atoms with Crippen LogP contribution in [0.5, 0.6) is 0 Å². The van der Waals surface area contributed by atoms with Crippen LogP contribution in [0.3, 0.4) is 0 Å². The fourth-order valence-corrected chi connectivity index (χ4v) is 1.60. The quantitative estimate of drug-likeness (QED) is 0.912. The van der Waals surface area contributed by atoms with Crippen molar-refractivity contribution in [2.24, 2.45) is 0 Å². The van der Waals surface area contributed by atoms with Crippen molar-refractivity contribution in [2.75, 3.05) is 11.9 Å². The molecule has 2 rings (SSSR count). The first-order valence-electron chi connectivity index (χ1n) is 6.68. The van der Waals surface area contributed by atoms with Crippen molar-refractivity contribution >= 4 is 11.6 Å². The van der Waals surface area contributed by atoms with Crippen molar-refractivity contribution in [3.63, 3.8) is 0 Å². The summed E-state index contributed by atoms with van der Waals surface area (Å²) in [6, 6.07) is 5.99. The van der Waals surface area contributed by atoms with Crippen LogP contribution in [0.15, 0.2) is 28.8 Å². The summed E-state index contributed by atoms with van der Waals surface area (Å²) < 4.78 is 46.5. The fourth-order valence-electron chi connectivity index (χ4n) is 1.60. The molecule has 0 spiro atoms. The number of anilines is 1. The average Bonchev–Trinajstić information content (AvgIpc) is 2.96. The summed E-state index contributed by atoms with van der Waals surface area (Å²) in [5.41, 5.74) is 0.811. The van der Waals surface area contributed by atoms with Gasteiger partial charge in [-0.3, -0.25) is 4.79 Å². The molecule has 9 heteroatoms. The molecule has 23 heavy (non-hydrogen) atoms. The van der Waals surface area contributed by atoms with E-state index >= 15 is 0 Å². The normalized spacial score (nSPS) is 11.7. The number of nitrogens with zero attached hydrogens (tertiary/aromatic N) is 2. The number of ether oxygens (including phenoxy) is 1. The summed E-state index contributed by atoms with van der Waals surface area (Å²) in [6.07, 6.45) is -4.75. The molecule has 2 aromatic rings. The second-order valence-corrected chi connectivity index (χ2v) is 4.91. The number of alkyl halides is 3. The number of nitrogens with one attached hydrogen (secondary N) is 1. The highest BCUT2D eigenvalue weighted by Crippen LogP contribution is 2.29. The first kappa shape index (κ1) is 16.9. The molecular formula is C14H14F3N3O3. The number of hydrogen-bond donors (Lipinski definition) is 1. The molecule has 124 valence electrons. The number of benzene rings is 1. The van der Waals surface area contributed by atoms with Crippen LogP contribution in [0, 0.1) is 0 Å². The summed E-state index contributed by atoms with van der Waals surface area (Å²) in [7, 11) is 0. The topological polar surface area (TPSA) is 77.2 Å². The average molecular weight is 329 g/mol. The number of aromatic nitrogens is 2. The van der Waals surface area contributed by atoms with E-state index in [0.717, 1.165) is 0 Å². The van der Waals surface area contributed by atoms with Gasteiger partial charge in [-0.05, 0) is 38.1 Å². The van der Waals surface area contributed by atoms with Gasteiger partial charge in [0.05, 0.1) is 6.10 Å². The Morgan fingerprint density at radius 3 is 2.48 bits per heavy atom. The first-order valence-corrected chi connectivity index (χ1v) is 6.68. The number of amides is 1. The van der Waals surface area contributed by atoms with Crippen LogP contribution in [-0.4, -0.2) is 28.8 Å². The van der Waals surface area contributed by atoms with Gasteiger partial charge in [-0.1, -0.05) is 5.16 Å². The molecule has 1 heterocycles. The van der Waals surface area contributed by atoms with Gasteiger partial charge in [0.2, 0.25) is 11.7 Å². The molecule has 0 aliphatic rings. The molecule has 0 aliphatic carbocycles. The standard InChI is InChI=1S/C14H14F3N3O3/c1-8(2)22-7-11(21)18-10-5-3-9(4-6-10)12-19-13(23-20-12)14(15,16)17/h3-6,8H,7H2,1-2H3,(H,18,21). The molecule has 1 aromatic heterocycles. The van der Waals surface area contributed by atoms with Gasteiger partial charge >= 0.3 is 12.1 Å². The van der Waals surface area contributed by atoms with Gasteiger partial charge in [-0.15, -0.1) is 0 Å². The maximum atomic E-state index is 12.4. The Labute approximate surface area is 129 Å². The zero-order chi connectivity index (χ0) is 17.0. The van der Waals surface area contributed by atoms with Crippen LogP contribution in [-0.2, 0) is 15.7 Å². The Kier molecular flexibility index (Phi) is 4.99. The van der Waals surface area contributed by atoms with Gasteiger partial charge in [0.25, 0.3) is 0 Å². The van der Waals surface area contributed by atoms with E-state index in [4.69, 9.17) is 4.74 Å². The Bertz CT molecular complexity index is 666. The predicted octanol–water partition coefficient (Wildman–Crippen LogP) is 3.12. The number of halogens is 3. The zero-order valence-electron chi connectivity index (χ0n) is 12.3. The molecule has 0 aliphatic heterocycles. The lowest BCUT2D eigenvalue weighted by atomic mass is 10.2. The van der Waals surface area contributed by atoms with E-state index in [1.165, 1.54) is 24.3 Å². The number of carbonyl (C=O) groups is 1. The van der Waals surface area contributed by atoms with E-state index in [1.54, 1.807) is 0 Å². The largest absolute Gasteiger partial charge is 0.471 e. The third-order valence-electron chi connectivity index (χ3n) is 2.64. The molecule has 0 bridgehead atoms. The molecule has 0 saturated carbocycles. The summed E-state index contributed by atoms with van der Waals surface area (Å²) in [6.45, 7) is 3.53. The lowest BCUT2D eigenvalue weighted by Gasteiger charge is -2.08. The Balaban J connectivity index is 2.02. The van der Waals surface area contributed by atoms with Crippen molar-refractivity contribution in [3.05, 3.63) is 30.2 Å². The van der Waals surface area contributed by atoms with Crippen molar-refractivity contribution in [2.45, 2.75) is 26.1 Å². The number of carbonyl (C=O) groups excluding carboxylic acids is 1.